The zero-order valence-corrected chi connectivity index (χ0v) is 19.9. The number of benzene rings is 3. The number of nitrogens with zero attached hydrogens (tertiary/aromatic N) is 2. The highest BCUT2D eigenvalue weighted by molar-refractivity contribution is 7.89. The molecule has 0 saturated carbocycles. The molecule has 3 aromatic carbocycles. The van der Waals surface area contributed by atoms with E-state index < -0.39 is 10.0 Å². The van der Waals surface area contributed by atoms with Crippen LogP contribution in [0.25, 0.3) is 0 Å². The Balaban J connectivity index is 1.71. The molecule has 0 N–H and O–H groups in total. The lowest BCUT2D eigenvalue weighted by Gasteiger charge is -2.35. The van der Waals surface area contributed by atoms with Crippen molar-refractivity contribution in [2.24, 2.45) is 0 Å². The first-order valence-electron chi connectivity index (χ1n) is 10.9. The molecular formula is C26H28N2O4S. The lowest BCUT2D eigenvalue weighted by atomic mass is 9.96. The van der Waals surface area contributed by atoms with E-state index in [1.807, 2.05) is 61.5 Å². The number of carbonyl (C=O) groups is 1. The molecule has 1 amide bonds. The van der Waals surface area contributed by atoms with Crippen molar-refractivity contribution in [1.82, 2.24) is 4.31 Å². The minimum atomic E-state index is -3.90. The van der Waals surface area contributed by atoms with Crippen molar-refractivity contribution in [2.45, 2.75) is 37.2 Å². The second kappa shape index (κ2) is 9.37. The van der Waals surface area contributed by atoms with E-state index in [2.05, 4.69) is 0 Å². The Hall–Kier alpha value is -3.16. The van der Waals surface area contributed by atoms with Crippen molar-refractivity contribution in [3.05, 3.63) is 89.5 Å². The maximum absolute atomic E-state index is 13.6. The van der Waals surface area contributed by atoms with Gasteiger partial charge >= 0.3 is 0 Å². The molecule has 0 aromatic heterocycles. The lowest BCUT2D eigenvalue weighted by Crippen LogP contribution is -2.42. The summed E-state index contributed by atoms with van der Waals surface area (Å²) in [7, 11) is -0.950. The maximum Gasteiger partial charge on any atom is 0.258 e. The predicted octanol–water partition coefficient (Wildman–Crippen LogP) is 4.50. The van der Waals surface area contributed by atoms with Gasteiger partial charge in [-0.25, -0.2) is 8.42 Å². The molecular weight excluding hydrogens is 436 g/mol. The van der Waals surface area contributed by atoms with Gasteiger partial charge in [-0.15, -0.1) is 0 Å². The topological polar surface area (TPSA) is 66.9 Å². The average molecular weight is 465 g/mol. The van der Waals surface area contributed by atoms with Gasteiger partial charge in [-0.1, -0.05) is 48.5 Å². The number of para-hydroxylation sites is 1. The third-order valence-corrected chi connectivity index (χ3v) is 7.91. The van der Waals surface area contributed by atoms with Crippen LogP contribution in [0.15, 0.2) is 77.7 Å². The Morgan fingerprint density at radius 3 is 2.48 bits per heavy atom. The van der Waals surface area contributed by atoms with Gasteiger partial charge in [0.1, 0.15) is 10.6 Å². The number of anilines is 1. The molecule has 7 heteroatoms. The second-order valence-corrected chi connectivity index (χ2v) is 10.3. The standard InChI is InChI=1S/C26H28N2O4S/c1-19-13-14-21-11-7-8-12-23(21)28(19)26(29)22-15-16-24(32-3)25(17-22)33(30,31)27(2)18-20-9-5-4-6-10-20/h4-12,15-17,19H,13-14,18H2,1-3H3. The van der Waals surface area contributed by atoms with E-state index in [0.29, 0.717) is 5.56 Å². The lowest BCUT2D eigenvalue weighted by molar-refractivity contribution is 0.0975. The molecule has 0 fully saturated rings. The second-order valence-electron chi connectivity index (χ2n) is 8.30. The summed E-state index contributed by atoms with van der Waals surface area (Å²) in [6.07, 6.45) is 1.76. The quantitative estimate of drug-likeness (QED) is 0.539. The molecule has 1 atom stereocenters. The van der Waals surface area contributed by atoms with Crippen LogP contribution in [-0.2, 0) is 23.0 Å². The summed E-state index contributed by atoms with van der Waals surface area (Å²) in [4.78, 5) is 15.3. The molecule has 0 saturated heterocycles. The summed E-state index contributed by atoms with van der Waals surface area (Å²) in [5, 5.41) is 0. The molecule has 0 aliphatic carbocycles. The fourth-order valence-corrected chi connectivity index (χ4v) is 5.58. The molecule has 33 heavy (non-hydrogen) atoms. The molecule has 0 bridgehead atoms. The number of hydrogen-bond donors (Lipinski definition) is 0. The highest BCUT2D eigenvalue weighted by Crippen LogP contribution is 2.34. The van der Waals surface area contributed by atoms with Gasteiger partial charge in [0, 0.05) is 30.9 Å². The Morgan fingerprint density at radius 2 is 1.76 bits per heavy atom. The number of sulfonamides is 1. The zero-order chi connectivity index (χ0) is 23.6. The summed E-state index contributed by atoms with van der Waals surface area (Å²) in [5.41, 5.74) is 3.18. The molecule has 4 rings (SSSR count). The average Bonchev–Trinajstić information content (AvgIpc) is 2.83. The summed E-state index contributed by atoms with van der Waals surface area (Å²) in [6.45, 7) is 2.23. The van der Waals surface area contributed by atoms with Crippen LogP contribution in [0.5, 0.6) is 5.75 Å². The minimum absolute atomic E-state index is 0.00955. The van der Waals surface area contributed by atoms with E-state index in [-0.39, 0.29) is 29.1 Å². The number of fused-ring (bicyclic) bond motifs is 1. The van der Waals surface area contributed by atoms with Gasteiger partial charge in [0.05, 0.1) is 7.11 Å². The third-order valence-electron chi connectivity index (χ3n) is 6.09. The predicted molar refractivity (Wildman–Crippen MR) is 129 cm³/mol. The van der Waals surface area contributed by atoms with Gasteiger partial charge < -0.3 is 9.64 Å². The van der Waals surface area contributed by atoms with Crippen LogP contribution >= 0.6 is 0 Å². The first-order chi connectivity index (χ1) is 15.8. The van der Waals surface area contributed by atoms with Crippen LogP contribution < -0.4 is 9.64 Å². The Kier molecular flexibility index (Phi) is 6.54. The van der Waals surface area contributed by atoms with Crippen LogP contribution in [-0.4, -0.2) is 38.8 Å². The number of hydrogen-bond acceptors (Lipinski definition) is 4. The molecule has 172 valence electrons. The smallest absolute Gasteiger partial charge is 0.258 e. The summed E-state index contributed by atoms with van der Waals surface area (Å²) in [6, 6.07) is 21.8. The van der Waals surface area contributed by atoms with Crippen molar-refractivity contribution in [3.8, 4) is 5.75 Å². The van der Waals surface area contributed by atoms with Crippen molar-refractivity contribution >= 4 is 21.6 Å². The third kappa shape index (κ3) is 4.51. The van der Waals surface area contributed by atoms with E-state index >= 15 is 0 Å². The molecule has 6 nitrogen and oxygen atoms in total. The van der Waals surface area contributed by atoms with E-state index in [9.17, 15) is 13.2 Å². The molecule has 1 aliphatic heterocycles. The van der Waals surface area contributed by atoms with E-state index in [1.165, 1.54) is 24.5 Å². The van der Waals surface area contributed by atoms with Crippen LogP contribution in [0, 0.1) is 0 Å². The van der Waals surface area contributed by atoms with Crippen molar-refractivity contribution in [2.75, 3.05) is 19.1 Å². The number of methoxy groups -OCH3 is 1. The normalized spacial score (nSPS) is 15.9. The van der Waals surface area contributed by atoms with Gasteiger partial charge in [0.15, 0.2) is 0 Å². The van der Waals surface area contributed by atoms with Crippen molar-refractivity contribution < 1.29 is 17.9 Å². The first-order valence-corrected chi connectivity index (χ1v) is 12.4. The van der Waals surface area contributed by atoms with E-state index in [0.717, 1.165) is 29.7 Å². The number of ether oxygens (including phenoxy) is 1. The molecule has 0 radical (unpaired) electrons. The van der Waals surface area contributed by atoms with E-state index in [4.69, 9.17) is 4.74 Å². The highest BCUT2D eigenvalue weighted by Gasteiger charge is 2.31. The Bertz CT molecular complexity index is 1260. The van der Waals surface area contributed by atoms with Crippen LogP contribution in [0.1, 0.15) is 34.8 Å². The SMILES string of the molecule is COc1ccc(C(=O)N2c3ccccc3CCC2C)cc1S(=O)(=O)N(C)Cc1ccccc1. The maximum atomic E-state index is 13.6. The number of carbonyl (C=O) groups excluding carboxylic acids is 1. The number of aryl methyl sites for hydroxylation is 1. The summed E-state index contributed by atoms with van der Waals surface area (Å²) < 4.78 is 33.5. The summed E-state index contributed by atoms with van der Waals surface area (Å²) in [5.74, 6) is -0.0157. The van der Waals surface area contributed by atoms with Crippen molar-refractivity contribution in [3.63, 3.8) is 0 Å². The van der Waals surface area contributed by atoms with Crippen LogP contribution in [0.3, 0.4) is 0 Å². The molecule has 1 aliphatic rings. The zero-order valence-electron chi connectivity index (χ0n) is 19.1. The van der Waals surface area contributed by atoms with Crippen LogP contribution in [0.2, 0.25) is 0 Å². The minimum Gasteiger partial charge on any atom is -0.495 e. The van der Waals surface area contributed by atoms with Gasteiger partial charge in [0.25, 0.3) is 5.91 Å². The van der Waals surface area contributed by atoms with Gasteiger partial charge in [0.2, 0.25) is 10.0 Å². The summed E-state index contributed by atoms with van der Waals surface area (Å²) >= 11 is 0. The highest BCUT2D eigenvalue weighted by atomic mass is 32.2. The molecule has 0 spiro atoms. The van der Waals surface area contributed by atoms with Gasteiger partial charge in [-0.3, -0.25) is 4.79 Å². The van der Waals surface area contributed by atoms with Crippen LogP contribution in [0.4, 0.5) is 5.69 Å². The van der Waals surface area contributed by atoms with E-state index in [1.54, 1.807) is 17.0 Å². The first kappa shape index (κ1) is 23.0. The number of amides is 1. The largest absolute Gasteiger partial charge is 0.495 e. The Morgan fingerprint density at radius 1 is 1.06 bits per heavy atom. The number of rotatable bonds is 6. The fraction of sp³-hybridized carbons (Fsp3) is 0.269. The monoisotopic (exact) mass is 464 g/mol. The van der Waals surface area contributed by atoms with Gasteiger partial charge in [-0.05, 0) is 55.2 Å². The molecule has 1 unspecified atom stereocenters. The van der Waals surface area contributed by atoms with Gasteiger partial charge in [-0.2, -0.15) is 4.31 Å². The molecule has 3 aromatic rings. The Labute approximate surface area is 195 Å². The molecule has 1 heterocycles. The fourth-order valence-electron chi connectivity index (χ4n) is 4.24. The van der Waals surface area contributed by atoms with Crippen molar-refractivity contribution in [1.29, 1.82) is 0 Å².